The van der Waals surface area contributed by atoms with Crippen LogP contribution < -0.4 is 0 Å². The van der Waals surface area contributed by atoms with Crippen molar-refractivity contribution in [3.8, 4) is 0 Å². The molecule has 1 aliphatic rings. The Morgan fingerprint density at radius 3 is 1.30 bits per heavy atom. The Morgan fingerprint density at radius 1 is 0.442 bits per heavy atom. The normalized spacial score (nSPS) is 18.4. The van der Waals surface area contributed by atoms with Gasteiger partial charge in [0.2, 0.25) is 0 Å². The van der Waals surface area contributed by atoms with Crippen LogP contribution in [0.25, 0.3) is 0 Å². The van der Waals surface area contributed by atoms with E-state index in [1.807, 2.05) is 0 Å². The highest BCUT2D eigenvalue weighted by molar-refractivity contribution is 5.74. The molecular weight excluding hydrogens is 973 g/mol. The van der Waals surface area contributed by atoms with Gasteiger partial charge in [0.15, 0.2) is 24.6 Å². The molecule has 0 aliphatic carbocycles. The summed E-state index contributed by atoms with van der Waals surface area (Å²) in [5.74, 6) is -3.15. The van der Waals surface area contributed by atoms with Gasteiger partial charge in [-0.05, 0) is 77.0 Å². The standard InChI is InChI=1S/C65H112O12/c1-4-7-10-13-16-19-22-24-26-28-29-31-33-35-38-41-44-47-50-53-59(68)76-63-61(70)60(69)62(64(71)72)77-65(63)74-55-56(75-58(67)52-49-46-43-40-36-21-18-15-12-9-6-3)54-73-57(66)51-48-45-42-39-37-34-32-30-27-25-23-20-17-14-11-8-5-2/h8,11,15,17-18,20,25,27,32,34,56,60-63,65,69-70H,4-7,9-10,12-14,16,19,21-24,26,28-31,33,35-55H2,1-3H3,(H,71,72)/b11-8-,18-15-,20-17-,27-25-,34-32-. The lowest BCUT2D eigenvalue weighted by atomic mass is 9.98. The monoisotopic (exact) mass is 1080 g/mol. The average Bonchev–Trinajstić information content (AvgIpc) is 3.41. The number of aliphatic hydroxyl groups is 2. The van der Waals surface area contributed by atoms with Crippen molar-refractivity contribution in [2.75, 3.05) is 13.2 Å². The second kappa shape index (κ2) is 53.1. The summed E-state index contributed by atoms with van der Waals surface area (Å²) >= 11 is 0. The number of esters is 3. The number of carbonyl (C=O) groups is 4. The Kier molecular flexibility index (Phi) is 49.2. The molecule has 1 rings (SSSR count). The molecule has 0 aromatic carbocycles. The third-order valence-corrected chi connectivity index (χ3v) is 14.1. The van der Waals surface area contributed by atoms with Crippen molar-refractivity contribution in [3.05, 3.63) is 60.8 Å². The summed E-state index contributed by atoms with van der Waals surface area (Å²) in [5.41, 5.74) is 0. The molecule has 0 bridgehead atoms. The minimum Gasteiger partial charge on any atom is -0.479 e. The largest absolute Gasteiger partial charge is 0.479 e. The van der Waals surface area contributed by atoms with Crippen molar-refractivity contribution in [1.29, 1.82) is 0 Å². The molecule has 6 atom stereocenters. The fraction of sp³-hybridized carbons (Fsp3) is 0.785. The maximum atomic E-state index is 13.1. The van der Waals surface area contributed by atoms with Crippen molar-refractivity contribution < 1.29 is 58.2 Å². The van der Waals surface area contributed by atoms with E-state index in [0.717, 1.165) is 116 Å². The second-order valence-corrected chi connectivity index (χ2v) is 21.3. The molecule has 12 nitrogen and oxygen atoms in total. The van der Waals surface area contributed by atoms with E-state index in [2.05, 4.69) is 81.5 Å². The van der Waals surface area contributed by atoms with E-state index >= 15 is 0 Å². The van der Waals surface area contributed by atoms with Crippen LogP contribution in [0, 0.1) is 0 Å². The fourth-order valence-corrected chi connectivity index (χ4v) is 9.28. The number of hydrogen-bond donors (Lipinski definition) is 3. The lowest BCUT2D eigenvalue weighted by molar-refractivity contribution is -0.301. The molecule has 0 radical (unpaired) electrons. The number of carboxylic acids is 1. The van der Waals surface area contributed by atoms with Crippen molar-refractivity contribution in [2.24, 2.45) is 0 Å². The average molecular weight is 1090 g/mol. The van der Waals surface area contributed by atoms with E-state index in [-0.39, 0.29) is 25.9 Å². The zero-order valence-corrected chi connectivity index (χ0v) is 49.0. The van der Waals surface area contributed by atoms with E-state index in [4.69, 9.17) is 23.7 Å². The number of allylic oxidation sites excluding steroid dienone is 10. The summed E-state index contributed by atoms with van der Waals surface area (Å²) in [7, 11) is 0. The first-order valence-corrected chi connectivity index (χ1v) is 31.3. The first-order valence-electron chi connectivity index (χ1n) is 31.3. The van der Waals surface area contributed by atoms with E-state index in [9.17, 15) is 34.5 Å². The van der Waals surface area contributed by atoms with Crippen molar-refractivity contribution in [1.82, 2.24) is 0 Å². The summed E-state index contributed by atoms with van der Waals surface area (Å²) in [4.78, 5) is 51.2. The molecular formula is C65H112O12. The molecule has 77 heavy (non-hydrogen) atoms. The van der Waals surface area contributed by atoms with Gasteiger partial charge in [0, 0.05) is 19.3 Å². The quantitative estimate of drug-likeness (QED) is 0.0228. The maximum absolute atomic E-state index is 13.1. The van der Waals surface area contributed by atoms with Gasteiger partial charge >= 0.3 is 23.9 Å². The summed E-state index contributed by atoms with van der Waals surface area (Å²) in [6.07, 6.45) is 53.4. The van der Waals surface area contributed by atoms with Gasteiger partial charge in [0.25, 0.3) is 0 Å². The minimum atomic E-state index is -1.91. The molecule has 1 saturated heterocycles. The number of aliphatic hydroxyl groups excluding tert-OH is 2. The number of hydrogen-bond acceptors (Lipinski definition) is 11. The van der Waals surface area contributed by atoms with E-state index in [1.165, 1.54) is 103 Å². The minimum absolute atomic E-state index is 0.0603. The number of aliphatic carboxylic acids is 1. The third kappa shape index (κ3) is 43.0. The van der Waals surface area contributed by atoms with Gasteiger partial charge in [0.1, 0.15) is 18.8 Å². The predicted octanol–water partition coefficient (Wildman–Crippen LogP) is 16.3. The van der Waals surface area contributed by atoms with Crippen LogP contribution in [0.3, 0.4) is 0 Å². The van der Waals surface area contributed by atoms with Gasteiger partial charge in [-0.1, -0.05) is 242 Å². The topological polar surface area (TPSA) is 175 Å². The van der Waals surface area contributed by atoms with Crippen LogP contribution >= 0.6 is 0 Å². The molecule has 0 amide bonds. The number of carbonyl (C=O) groups excluding carboxylic acids is 3. The van der Waals surface area contributed by atoms with Crippen LogP contribution in [0.2, 0.25) is 0 Å². The van der Waals surface area contributed by atoms with Crippen LogP contribution in [-0.2, 0) is 42.9 Å². The molecule has 0 spiro atoms. The van der Waals surface area contributed by atoms with Gasteiger partial charge in [0.05, 0.1) is 6.61 Å². The van der Waals surface area contributed by atoms with Gasteiger partial charge in [-0.25, -0.2) is 4.79 Å². The van der Waals surface area contributed by atoms with Crippen molar-refractivity contribution in [2.45, 2.75) is 314 Å². The molecule has 0 aromatic heterocycles. The molecule has 1 fully saturated rings. The second-order valence-electron chi connectivity index (χ2n) is 21.3. The number of rotatable bonds is 53. The Bertz CT molecular complexity index is 1570. The predicted molar refractivity (Wildman–Crippen MR) is 312 cm³/mol. The van der Waals surface area contributed by atoms with Crippen LogP contribution in [0.1, 0.15) is 278 Å². The van der Waals surface area contributed by atoms with Gasteiger partial charge < -0.3 is 39.0 Å². The Hall–Kier alpha value is -3.58. The zero-order valence-electron chi connectivity index (χ0n) is 49.0. The summed E-state index contributed by atoms with van der Waals surface area (Å²) < 4.78 is 28.4. The van der Waals surface area contributed by atoms with E-state index < -0.39 is 67.3 Å². The molecule has 1 aliphatic heterocycles. The molecule has 0 aromatic rings. The number of ether oxygens (including phenoxy) is 5. The van der Waals surface area contributed by atoms with Crippen LogP contribution in [-0.4, -0.2) is 89.2 Å². The molecule has 444 valence electrons. The van der Waals surface area contributed by atoms with Crippen LogP contribution in [0.4, 0.5) is 0 Å². The smallest absolute Gasteiger partial charge is 0.335 e. The summed E-state index contributed by atoms with van der Waals surface area (Å²) in [6, 6.07) is 0. The highest BCUT2D eigenvalue weighted by atomic mass is 16.7. The van der Waals surface area contributed by atoms with Crippen molar-refractivity contribution in [3.63, 3.8) is 0 Å². The number of unbranched alkanes of at least 4 members (excludes halogenated alkanes) is 29. The fourth-order valence-electron chi connectivity index (χ4n) is 9.28. The molecule has 12 heteroatoms. The zero-order chi connectivity index (χ0) is 56.1. The van der Waals surface area contributed by atoms with Gasteiger partial charge in [-0.15, -0.1) is 0 Å². The SMILES string of the molecule is CC/C=C\C/C=C\C/C=C\C/C=C\CCCCCCC(=O)OCC(COC1OC(C(=O)O)C(O)C(O)C1OC(=O)CCCCCCCCCCCCCCCCCCCCC)OC(=O)CCCCCCC/C=C\CCCC. The highest BCUT2D eigenvalue weighted by Gasteiger charge is 2.50. The van der Waals surface area contributed by atoms with Crippen molar-refractivity contribution >= 4 is 23.9 Å². The Labute approximate surface area is 468 Å². The Balaban J connectivity index is 2.64. The maximum Gasteiger partial charge on any atom is 0.335 e. The lowest BCUT2D eigenvalue weighted by Crippen LogP contribution is -2.61. The Morgan fingerprint density at radius 2 is 0.831 bits per heavy atom. The number of carboxylic acid groups (broad SMARTS) is 1. The van der Waals surface area contributed by atoms with Crippen LogP contribution in [0.5, 0.6) is 0 Å². The highest BCUT2D eigenvalue weighted by Crippen LogP contribution is 2.27. The third-order valence-electron chi connectivity index (χ3n) is 14.1. The molecule has 0 saturated carbocycles. The lowest BCUT2D eigenvalue weighted by Gasteiger charge is -2.40. The first kappa shape index (κ1) is 71.4. The van der Waals surface area contributed by atoms with Crippen LogP contribution in [0.15, 0.2) is 60.8 Å². The summed E-state index contributed by atoms with van der Waals surface area (Å²) in [5, 5.41) is 31.5. The van der Waals surface area contributed by atoms with E-state index in [0.29, 0.717) is 19.3 Å². The van der Waals surface area contributed by atoms with Gasteiger partial charge in [-0.2, -0.15) is 0 Å². The molecule has 3 N–H and O–H groups in total. The van der Waals surface area contributed by atoms with E-state index in [1.54, 1.807) is 0 Å². The summed E-state index contributed by atoms with van der Waals surface area (Å²) in [6.45, 7) is 5.84. The van der Waals surface area contributed by atoms with Gasteiger partial charge in [-0.3, -0.25) is 14.4 Å². The first-order chi connectivity index (χ1) is 37.6. The molecule has 6 unspecified atom stereocenters. The molecule has 1 heterocycles.